The third kappa shape index (κ3) is 3.02. The lowest BCUT2D eigenvalue weighted by atomic mass is 9.90. The predicted octanol–water partition coefficient (Wildman–Crippen LogP) is 7.16. The zero-order chi connectivity index (χ0) is 18.3. The smallest absolute Gasteiger partial charge is 0.0198 e. The van der Waals surface area contributed by atoms with Crippen molar-refractivity contribution in [3.05, 3.63) is 75.8 Å². The van der Waals surface area contributed by atoms with Crippen LogP contribution >= 0.6 is 12.6 Å². The molecule has 3 aromatic rings. The van der Waals surface area contributed by atoms with Gasteiger partial charge in [-0.15, -0.1) is 12.6 Å². The molecular weight excluding hydrogens is 320 g/mol. The lowest BCUT2D eigenvalue weighted by molar-refractivity contribution is 1.25. The molecule has 0 aliphatic carbocycles. The first kappa shape index (κ1) is 17.8. The molecule has 0 unspecified atom stereocenters. The Morgan fingerprint density at radius 2 is 0.880 bits per heavy atom. The molecule has 0 N–H and O–H groups in total. The second kappa shape index (κ2) is 6.72. The quantitative estimate of drug-likeness (QED) is 0.468. The zero-order valence-electron chi connectivity index (χ0n) is 16.0. The van der Waals surface area contributed by atoms with Crippen LogP contribution in [0.3, 0.4) is 0 Å². The highest BCUT2D eigenvalue weighted by molar-refractivity contribution is 7.80. The number of benzene rings is 3. The van der Waals surface area contributed by atoms with Gasteiger partial charge in [0.25, 0.3) is 0 Å². The van der Waals surface area contributed by atoms with Crippen LogP contribution in [-0.4, -0.2) is 0 Å². The summed E-state index contributed by atoms with van der Waals surface area (Å²) in [6, 6.07) is 15.4. The highest BCUT2D eigenvalue weighted by Crippen LogP contribution is 2.39. The molecule has 3 rings (SSSR count). The topological polar surface area (TPSA) is 0 Å². The van der Waals surface area contributed by atoms with E-state index in [1.807, 2.05) is 0 Å². The van der Waals surface area contributed by atoms with Crippen LogP contribution in [0.15, 0.2) is 47.4 Å². The predicted molar refractivity (Wildman–Crippen MR) is 113 cm³/mol. The Labute approximate surface area is 157 Å². The number of thiol groups is 1. The van der Waals surface area contributed by atoms with Crippen molar-refractivity contribution in [1.82, 2.24) is 0 Å². The number of hydrogen-bond donors (Lipinski definition) is 1. The normalized spacial score (nSPS) is 11.0. The monoisotopic (exact) mass is 346 g/mol. The Morgan fingerprint density at radius 3 is 1.28 bits per heavy atom. The van der Waals surface area contributed by atoms with E-state index in [-0.39, 0.29) is 0 Å². The summed E-state index contributed by atoms with van der Waals surface area (Å²) in [5, 5.41) is 0. The van der Waals surface area contributed by atoms with Gasteiger partial charge in [-0.1, -0.05) is 42.5 Å². The van der Waals surface area contributed by atoms with Crippen molar-refractivity contribution in [2.24, 2.45) is 0 Å². The van der Waals surface area contributed by atoms with Gasteiger partial charge in [0, 0.05) is 4.90 Å². The Morgan fingerprint density at radius 1 is 0.480 bits per heavy atom. The molecule has 0 heterocycles. The minimum Gasteiger partial charge on any atom is -0.142 e. The van der Waals surface area contributed by atoms with Gasteiger partial charge in [-0.2, -0.15) is 0 Å². The Kier molecular flexibility index (Phi) is 4.79. The van der Waals surface area contributed by atoms with Crippen LogP contribution in [0.2, 0.25) is 0 Å². The molecule has 1 heteroatoms. The highest BCUT2D eigenvalue weighted by Gasteiger charge is 2.14. The molecular formula is C24H26S. The molecule has 0 fully saturated rings. The van der Waals surface area contributed by atoms with E-state index in [0.717, 1.165) is 4.90 Å². The second-order valence-electron chi connectivity index (χ2n) is 7.06. The Bertz CT molecular complexity index is 889. The minimum absolute atomic E-state index is 1.06. The minimum atomic E-state index is 1.06. The van der Waals surface area contributed by atoms with Gasteiger partial charge in [-0.3, -0.25) is 0 Å². The first-order chi connectivity index (χ1) is 11.8. The second-order valence-corrected chi connectivity index (χ2v) is 7.51. The van der Waals surface area contributed by atoms with E-state index in [0.29, 0.717) is 0 Å². The van der Waals surface area contributed by atoms with Crippen molar-refractivity contribution in [2.45, 2.75) is 46.4 Å². The fourth-order valence-electron chi connectivity index (χ4n) is 3.47. The molecule has 3 aromatic carbocycles. The number of aryl methyl sites for hydroxylation is 2. The standard InChI is InChI=1S/C24H26S/c1-14-10-12-20(18(5)16(14)3)22-8-7-9-23(24(22)25)21-13-11-15(2)17(4)19(21)6/h7-13,25H,1-6H3. The molecule has 0 aromatic heterocycles. The van der Waals surface area contributed by atoms with Crippen LogP contribution in [0.4, 0.5) is 0 Å². The number of hydrogen-bond acceptors (Lipinski definition) is 1. The van der Waals surface area contributed by atoms with E-state index >= 15 is 0 Å². The fraction of sp³-hybridized carbons (Fsp3) is 0.250. The van der Waals surface area contributed by atoms with Gasteiger partial charge in [0.15, 0.2) is 0 Å². The average Bonchev–Trinajstić information content (AvgIpc) is 2.59. The Hall–Kier alpha value is -1.99. The van der Waals surface area contributed by atoms with E-state index in [2.05, 4.69) is 84.0 Å². The van der Waals surface area contributed by atoms with Gasteiger partial charge >= 0.3 is 0 Å². The van der Waals surface area contributed by atoms with Gasteiger partial charge in [-0.05, 0) is 97.2 Å². The van der Waals surface area contributed by atoms with E-state index < -0.39 is 0 Å². The maximum Gasteiger partial charge on any atom is 0.0198 e. The first-order valence-corrected chi connectivity index (χ1v) is 9.24. The molecule has 0 saturated heterocycles. The molecule has 0 spiro atoms. The van der Waals surface area contributed by atoms with Crippen LogP contribution in [0, 0.1) is 41.5 Å². The third-order valence-electron chi connectivity index (χ3n) is 5.73. The SMILES string of the molecule is Cc1ccc(-c2cccc(-c3ccc(C)c(C)c3C)c2S)c(C)c1C. The maximum absolute atomic E-state index is 4.95. The van der Waals surface area contributed by atoms with Crippen molar-refractivity contribution in [2.75, 3.05) is 0 Å². The molecule has 0 atom stereocenters. The van der Waals surface area contributed by atoms with E-state index in [1.165, 1.54) is 55.6 Å². The van der Waals surface area contributed by atoms with Crippen LogP contribution in [0.1, 0.15) is 33.4 Å². The summed E-state index contributed by atoms with van der Waals surface area (Å²) >= 11 is 4.95. The summed E-state index contributed by atoms with van der Waals surface area (Å²) in [5.41, 5.74) is 13.0. The van der Waals surface area contributed by atoms with Crippen LogP contribution in [0.5, 0.6) is 0 Å². The fourth-order valence-corrected chi connectivity index (χ4v) is 3.86. The van der Waals surface area contributed by atoms with Crippen LogP contribution in [0.25, 0.3) is 22.3 Å². The van der Waals surface area contributed by atoms with Crippen LogP contribution < -0.4 is 0 Å². The van der Waals surface area contributed by atoms with E-state index in [1.54, 1.807) is 0 Å². The van der Waals surface area contributed by atoms with E-state index in [4.69, 9.17) is 12.6 Å². The lowest BCUT2D eigenvalue weighted by Crippen LogP contribution is -1.95. The van der Waals surface area contributed by atoms with Gasteiger partial charge in [0.2, 0.25) is 0 Å². The van der Waals surface area contributed by atoms with Crippen molar-refractivity contribution in [3.8, 4) is 22.3 Å². The summed E-state index contributed by atoms with van der Waals surface area (Å²) in [7, 11) is 0. The summed E-state index contributed by atoms with van der Waals surface area (Å²) in [4.78, 5) is 1.06. The molecule has 0 radical (unpaired) electrons. The van der Waals surface area contributed by atoms with Gasteiger partial charge < -0.3 is 0 Å². The molecule has 0 saturated carbocycles. The van der Waals surface area contributed by atoms with Crippen molar-refractivity contribution >= 4 is 12.6 Å². The molecule has 0 nitrogen and oxygen atoms in total. The van der Waals surface area contributed by atoms with E-state index in [9.17, 15) is 0 Å². The first-order valence-electron chi connectivity index (χ1n) is 8.79. The highest BCUT2D eigenvalue weighted by atomic mass is 32.1. The number of rotatable bonds is 2. The maximum atomic E-state index is 4.95. The molecule has 0 aliphatic heterocycles. The molecule has 128 valence electrons. The average molecular weight is 347 g/mol. The largest absolute Gasteiger partial charge is 0.142 e. The van der Waals surface area contributed by atoms with Gasteiger partial charge in [-0.25, -0.2) is 0 Å². The zero-order valence-corrected chi connectivity index (χ0v) is 16.9. The Balaban J connectivity index is 2.24. The van der Waals surface area contributed by atoms with Crippen LogP contribution in [-0.2, 0) is 0 Å². The molecule has 0 amide bonds. The molecule has 25 heavy (non-hydrogen) atoms. The lowest BCUT2D eigenvalue weighted by Gasteiger charge is -2.18. The summed E-state index contributed by atoms with van der Waals surface area (Å²) < 4.78 is 0. The van der Waals surface area contributed by atoms with Crippen molar-refractivity contribution < 1.29 is 0 Å². The van der Waals surface area contributed by atoms with Crippen molar-refractivity contribution in [1.29, 1.82) is 0 Å². The summed E-state index contributed by atoms with van der Waals surface area (Å²) in [5.74, 6) is 0. The van der Waals surface area contributed by atoms with Gasteiger partial charge in [0.1, 0.15) is 0 Å². The van der Waals surface area contributed by atoms with Gasteiger partial charge in [0.05, 0.1) is 0 Å². The molecule has 0 bridgehead atoms. The molecule has 0 aliphatic rings. The summed E-state index contributed by atoms with van der Waals surface area (Å²) in [6.45, 7) is 13.1. The third-order valence-corrected chi connectivity index (χ3v) is 6.21. The summed E-state index contributed by atoms with van der Waals surface area (Å²) in [6.07, 6.45) is 0. The van der Waals surface area contributed by atoms with Crippen molar-refractivity contribution in [3.63, 3.8) is 0 Å².